The predicted octanol–water partition coefficient (Wildman–Crippen LogP) is 3.51. The number of hydrogen-bond donors (Lipinski definition) is 0. The Morgan fingerprint density at radius 3 is 2.50 bits per heavy atom. The van der Waals surface area contributed by atoms with Crippen LogP contribution in [0.5, 0.6) is 5.75 Å². The van der Waals surface area contributed by atoms with Crippen molar-refractivity contribution in [3.05, 3.63) is 71.4 Å². The Labute approximate surface area is 165 Å². The normalized spacial score (nSPS) is 15.0. The van der Waals surface area contributed by atoms with Crippen molar-refractivity contribution >= 4 is 16.8 Å². The second-order valence-electron chi connectivity index (χ2n) is 7.23. The summed E-state index contributed by atoms with van der Waals surface area (Å²) in [7, 11) is 1.64. The van der Waals surface area contributed by atoms with E-state index in [9.17, 15) is 4.79 Å². The van der Waals surface area contributed by atoms with E-state index in [0.29, 0.717) is 5.56 Å². The van der Waals surface area contributed by atoms with E-state index in [4.69, 9.17) is 4.74 Å². The van der Waals surface area contributed by atoms with Gasteiger partial charge in [0.2, 0.25) is 0 Å². The van der Waals surface area contributed by atoms with Gasteiger partial charge in [-0.3, -0.25) is 14.7 Å². The monoisotopic (exact) mass is 375 g/mol. The number of aromatic nitrogens is 1. The summed E-state index contributed by atoms with van der Waals surface area (Å²) in [5, 5.41) is 0.927. The number of piperazine rings is 1. The maximum Gasteiger partial charge on any atom is 0.255 e. The van der Waals surface area contributed by atoms with Crippen LogP contribution in [-0.4, -0.2) is 54.0 Å². The van der Waals surface area contributed by atoms with Gasteiger partial charge < -0.3 is 9.64 Å². The minimum absolute atomic E-state index is 0.0640. The van der Waals surface area contributed by atoms with Gasteiger partial charge in [0.15, 0.2) is 0 Å². The molecule has 0 radical (unpaired) electrons. The molecule has 5 nitrogen and oxygen atoms in total. The van der Waals surface area contributed by atoms with Crippen LogP contribution in [0.15, 0.2) is 54.6 Å². The molecule has 0 unspecified atom stereocenters. The van der Waals surface area contributed by atoms with Crippen LogP contribution in [0.1, 0.15) is 21.6 Å². The first-order valence-electron chi connectivity index (χ1n) is 9.65. The lowest BCUT2D eigenvalue weighted by Gasteiger charge is -2.35. The second kappa shape index (κ2) is 7.98. The van der Waals surface area contributed by atoms with Crippen molar-refractivity contribution in [1.29, 1.82) is 0 Å². The van der Waals surface area contributed by atoms with Gasteiger partial charge in [0, 0.05) is 38.1 Å². The highest BCUT2D eigenvalue weighted by atomic mass is 16.5. The average molecular weight is 375 g/mol. The molecule has 1 aliphatic heterocycles. The van der Waals surface area contributed by atoms with Gasteiger partial charge in [-0.25, -0.2) is 0 Å². The largest absolute Gasteiger partial charge is 0.497 e. The Morgan fingerprint density at radius 1 is 1.04 bits per heavy atom. The van der Waals surface area contributed by atoms with Gasteiger partial charge >= 0.3 is 0 Å². The molecule has 0 saturated carbocycles. The number of carbonyl (C=O) groups is 1. The van der Waals surface area contributed by atoms with Crippen LogP contribution in [0, 0.1) is 6.92 Å². The first kappa shape index (κ1) is 18.4. The van der Waals surface area contributed by atoms with Crippen molar-refractivity contribution in [2.45, 2.75) is 13.5 Å². The maximum atomic E-state index is 13.1. The Hall–Kier alpha value is -2.92. The molecule has 1 aliphatic rings. The molecule has 0 spiro atoms. The summed E-state index contributed by atoms with van der Waals surface area (Å²) in [6.45, 7) is 6.08. The number of fused-ring (bicyclic) bond motifs is 1. The Kier molecular flexibility index (Phi) is 5.26. The summed E-state index contributed by atoms with van der Waals surface area (Å²) in [5.41, 5.74) is 3.64. The number of benzene rings is 2. The summed E-state index contributed by atoms with van der Waals surface area (Å²) in [4.78, 5) is 22.1. The highest BCUT2D eigenvalue weighted by Gasteiger charge is 2.24. The van der Waals surface area contributed by atoms with E-state index in [2.05, 4.69) is 34.1 Å². The molecule has 5 heteroatoms. The van der Waals surface area contributed by atoms with Crippen LogP contribution in [0.4, 0.5) is 0 Å². The van der Waals surface area contributed by atoms with Crippen LogP contribution in [0.2, 0.25) is 0 Å². The third-order valence-corrected chi connectivity index (χ3v) is 5.35. The molecule has 144 valence electrons. The highest BCUT2D eigenvalue weighted by molar-refractivity contribution is 5.98. The Morgan fingerprint density at radius 2 is 1.79 bits per heavy atom. The zero-order chi connectivity index (χ0) is 19.5. The lowest BCUT2D eigenvalue weighted by Crippen LogP contribution is -2.48. The standard InChI is InChI=1S/C23H25N3O2/c1-17-21(15-19-14-20(28-2)8-9-22(19)24-17)23(27)26-12-10-25(11-13-26)16-18-6-4-3-5-7-18/h3-9,14-15H,10-13,16H2,1-2H3. The third kappa shape index (κ3) is 3.85. The molecule has 1 amide bonds. The smallest absolute Gasteiger partial charge is 0.255 e. The summed E-state index contributed by atoms with van der Waals surface area (Å²) < 4.78 is 5.30. The number of nitrogens with zero attached hydrogens (tertiary/aromatic N) is 3. The average Bonchev–Trinajstić information content (AvgIpc) is 2.74. The zero-order valence-electron chi connectivity index (χ0n) is 16.4. The predicted molar refractivity (Wildman–Crippen MR) is 111 cm³/mol. The number of aryl methyl sites for hydroxylation is 1. The number of hydrogen-bond acceptors (Lipinski definition) is 4. The Balaban J connectivity index is 1.47. The molecular weight excluding hydrogens is 350 g/mol. The van der Waals surface area contributed by atoms with Crippen LogP contribution in [-0.2, 0) is 6.54 Å². The summed E-state index contributed by atoms with van der Waals surface area (Å²) in [6, 6.07) is 18.2. The molecule has 0 aliphatic carbocycles. The van der Waals surface area contributed by atoms with E-state index in [1.807, 2.05) is 42.2 Å². The minimum Gasteiger partial charge on any atom is -0.497 e. The van der Waals surface area contributed by atoms with E-state index >= 15 is 0 Å². The molecule has 4 rings (SSSR count). The first-order chi connectivity index (χ1) is 13.6. The van der Waals surface area contributed by atoms with Crippen LogP contribution >= 0.6 is 0 Å². The quantitative estimate of drug-likeness (QED) is 0.700. The molecule has 0 bridgehead atoms. The van der Waals surface area contributed by atoms with Crippen molar-refractivity contribution in [3.63, 3.8) is 0 Å². The van der Waals surface area contributed by atoms with Gasteiger partial charge in [-0.05, 0) is 36.8 Å². The van der Waals surface area contributed by atoms with Gasteiger partial charge in [-0.1, -0.05) is 30.3 Å². The van der Waals surface area contributed by atoms with Gasteiger partial charge in [-0.2, -0.15) is 0 Å². The molecule has 2 heterocycles. The van der Waals surface area contributed by atoms with Gasteiger partial charge in [-0.15, -0.1) is 0 Å². The number of carbonyl (C=O) groups excluding carboxylic acids is 1. The molecule has 28 heavy (non-hydrogen) atoms. The van der Waals surface area contributed by atoms with E-state index in [0.717, 1.165) is 55.1 Å². The van der Waals surface area contributed by atoms with Crippen molar-refractivity contribution in [3.8, 4) is 5.75 Å². The second-order valence-corrected chi connectivity index (χ2v) is 7.23. The van der Waals surface area contributed by atoms with Crippen LogP contribution < -0.4 is 4.74 Å². The summed E-state index contributed by atoms with van der Waals surface area (Å²) in [5.74, 6) is 0.833. The molecule has 0 N–H and O–H groups in total. The van der Waals surface area contributed by atoms with Crippen molar-refractivity contribution in [2.75, 3.05) is 33.3 Å². The number of methoxy groups -OCH3 is 1. The van der Waals surface area contributed by atoms with Gasteiger partial charge in [0.05, 0.1) is 23.9 Å². The fourth-order valence-electron chi connectivity index (χ4n) is 3.72. The summed E-state index contributed by atoms with van der Waals surface area (Å²) >= 11 is 0. The lowest BCUT2D eigenvalue weighted by atomic mass is 10.1. The topological polar surface area (TPSA) is 45.7 Å². The SMILES string of the molecule is COc1ccc2nc(C)c(C(=O)N3CCN(Cc4ccccc4)CC3)cc2c1. The fraction of sp³-hybridized carbons (Fsp3) is 0.304. The number of ether oxygens (including phenoxy) is 1. The maximum absolute atomic E-state index is 13.1. The number of pyridine rings is 1. The van der Waals surface area contributed by atoms with Gasteiger partial charge in [0.25, 0.3) is 5.91 Å². The zero-order valence-corrected chi connectivity index (χ0v) is 16.4. The summed E-state index contributed by atoms with van der Waals surface area (Å²) in [6.07, 6.45) is 0. The first-order valence-corrected chi connectivity index (χ1v) is 9.65. The van der Waals surface area contributed by atoms with Crippen molar-refractivity contribution in [2.24, 2.45) is 0 Å². The van der Waals surface area contributed by atoms with Crippen LogP contribution in [0.25, 0.3) is 10.9 Å². The molecular formula is C23H25N3O2. The minimum atomic E-state index is 0.0640. The molecule has 1 fully saturated rings. The molecule has 0 atom stereocenters. The number of amides is 1. The molecule has 1 aromatic heterocycles. The fourth-order valence-corrected chi connectivity index (χ4v) is 3.72. The van der Waals surface area contributed by atoms with Gasteiger partial charge in [0.1, 0.15) is 5.75 Å². The van der Waals surface area contributed by atoms with Crippen molar-refractivity contribution in [1.82, 2.24) is 14.8 Å². The van der Waals surface area contributed by atoms with Crippen LogP contribution in [0.3, 0.4) is 0 Å². The van der Waals surface area contributed by atoms with Crippen molar-refractivity contribution < 1.29 is 9.53 Å². The Bertz CT molecular complexity index is 980. The molecule has 3 aromatic rings. The van der Waals surface area contributed by atoms with E-state index in [-0.39, 0.29) is 5.91 Å². The number of rotatable bonds is 4. The highest BCUT2D eigenvalue weighted by Crippen LogP contribution is 2.23. The van der Waals surface area contributed by atoms with E-state index < -0.39 is 0 Å². The van der Waals surface area contributed by atoms with E-state index in [1.54, 1.807) is 7.11 Å². The molecule has 2 aromatic carbocycles. The third-order valence-electron chi connectivity index (χ3n) is 5.35. The van der Waals surface area contributed by atoms with E-state index in [1.165, 1.54) is 5.56 Å². The lowest BCUT2D eigenvalue weighted by molar-refractivity contribution is 0.0627. The molecule has 1 saturated heterocycles.